The predicted octanol–water partition coefficient (Wildman–Crippen LogP) is 1.12. The van der Waals surface area contributed by atoms with Gasteiger partial charge < -0.3 is 5.32 Å². The maximum atomic E-state index is 12.4. The topological polar surface area (TPSA) is 49.4 Å². The largest absolute Gasteiger partial charge is 0.314 e. The molecule has 0 radical (unpaired) electrons. The first-order valence-corrected chi connectivity index (χ1v) is 7.63. The van der Waals surface area contributed by atoms with Crippen molar-refractivity contribution >= 4 is 21.4 Å². The smallest absolute Gasteiger partial charge is 0.253 e. The van der Waals surface area contributed by atoms with Crippen molar-refractivity contribution in [2.75, 3.05) is 13.1 Å². The molecule has 2 rings (SSSR count). The van der Waals surface area contributed by atoms with Crippen LogP contribution in [-0.4, -0.2) is 37.9 Å². The Labute approximate surface area is 100 Å². The summed E-state index contributed by atoms with van der Waals surface area (Å²) in [7, 11) is -3.31. The van der Waals surface area contributed by atoms with E-state index in [1.54, 1.807) is 21.8 Å². The zero-order valence-electron chi connectivity index (χ0n) is 9.38. The molecule has 16 heavy (non-hydrogen) atoms. The summed E-state index contributed by atoms with van der Waals surface area (Å²) >= 11 is 1.28. The van der Waals surface area contributed by atoms with E-state index in [1.165, 1.54) is 11.3 Å². The Morgan fingerprint density at radius 1 is 1.38 bits per heavy atom. The van der Waals surface area contributed by atoms with Gasteiger partial charge in [-0.15, -0.1) is 11.3 Å². The Kier molecular flexibility index (Phi) is 3.34. The lowest BCUT2D eigenvalue weighted by atomic mass is 10.2. The van der Waals surface area contributed by atoms with E-state index in [0.29, 0.717) is 4.21 Å². The zero-order valence-corrected chi connectivity index (χ0v) is 11.0. The summed E-state index contributed by atoms with van der Waals surface area (Å²) in [6.07, 6.45) is 0. The molecule has 6 heteroatoms. The molecule has 1 aromatic heterocycles. The first-order chi connectivity index (χ1) is 7.53. The van der Waals surface area contributed by atoms with Crippen LogP contribution in [0.3, 0.4) is 0 Å². The third-order valence-corrected chi connectivity index (χ3v) is 6.28. The summed E-state index contributed by atoms with van der Waals surface area (Å²) < 4.78 is 26.8. The van der Waals surface area contributed by atoms with E-state index >= 15 is 0 Å². The molecule has 1 saturated heterocycles. The van der Waals surface area contributed by atoms with E-state index in [2.05, 4.69) is 5.32 Å². The van der Waals surface area contributed by atoms with Gasteiger partial charge in [0.1, 0.15) is 4.21 Å². The molecule has 1 fully saturated rings. The van der Waals surface area contributed by atoms with Gasteiger partial charge in [0, 0.05) is 25.2 Å². The Balaban J connectivity index is 2.36. The summed E-state index contributed by atoms with van der Waals surface area (Å²) in [6, 6.07) is 3.46. The average molecular weight is 260 g/mol. The summed E-state index contributed by atoms with van der Waals surface area (Å²) in [5.41, 5.74) is 0. The fourth-order valence-electron chi connectivity index (χ4n) is 2.10. The number of hydrogen-bond donors (Lipinski definition) is 1. The van der Waals surface area contributed by atoms with Crippen molar-refractivity contribution in [2.45, 2.75) is 30.1 Å². The van der Waals surface area contributed by atoms with Crippen LogP contribution in [0.4, 0.5) is 0 Å². The number of hydrogen-bond acceptors (Lipinski definition) is 4. The minimum Gasteiger partial charge on any atom is -0.314 e. The quantitative estimate of drug-likeness (QED) is 0.867. The highest BCUT2D eigenvalue weighted by Crippen LogP contribution is 2.25. The fraction of sp³-hybridized carbons (Fsp3) is 0.600. The van der Waals surface area contributed by atoms with E-state index < -0.39 is 10.0 Å². The van der Waals surface area contributed by atoms with Crippen LogP contribution in [0.15, 0.2) is 21.7 Å². The highest BCUT2D eigenvalue weighted by atomic mass is 32.2. The second-order valence-corrected chi connectivity index (χ2v) is 7.14. The van der Waals surface area contributed by atoms with Crippen LogP contribution in [0.1, 0.15) is 13.8 Å². The number of nitrogens with zero attached hydrogens (tertiary/aromatic N) is 1. The van der Waals surface area contributed by atoms with Crippen molar-refractivity contribution in [3.05, 3.63) is 17.5 Å². The van der Waals surface area contributed by atoms with Gasteiger partial charge in [-0.3, -0.25) is 0 Å². The minimum absolute atomic E-state index is 0.0100. The van der Waals surface area contributed by atoms with Crippen LogP contribution >= 0.6 is 11.3 Å². The molecule has 4 nitrogen and oxygen atoms in total. The van der Waals surface area contributed by atoms with Gasteiger partial charge in [0.15, 0.2) is 0 Å². The number of sulfonamides is 1. The van der Waals surface area contributed by atoms with Gasteiger partial charge in [-0.1, -0.05) is 6.07 Å². The van der Waals surface area contributed by atoms with Gasteiger partial charge in [-0.2, -0.15) is 4.31 Å². The normalized spacial score (nSPS) is 28.1. The molecule has 90 valence electrons. The van der Waals surface area contributed by atoms with E-state index in [-0.39, 0.29) is 12.1 Å². The van der Waals surface area contributed by atoms with Gasteiger partial charge in [-0.25, -0.2) is 8.42 Å². The van der Waals surface area contributed by atoms with Crippen molar-refractivity contribution in [3.63, 3.8) is 0 Å². The monoisotopic (exact) mass is 260 g/mol. The molecule has 0 aliphatic carbocycles. The van der Waals surface area contributed by atoms with Crippen LogP contribution < -0.4 is 5.32 Å². The van der Waals surface area contributed by atoms with Crippen molar-refractivity contribution in [2.24, 2.45) is 0 Å². The van der Waals surface area contributed by atoms with E-state index in [4.69, 9.17) is 0 Å². The highest BCUT2D eigenvalue weighted by molar-refractivity contribution is 7.91. The molecule has 1 aromatic rings. The third kappa shape index (κ3) is 2.02. The molecule has 0 saturated carbocycles. The zero-order chi connectivity index (χ0) is 11.8. The maximum absolute atomic E-state index is 12.4. The molecule has 0 spiro atoms. The van der Waals surface area contributed by atoms with Crippen molar-refractivity contribution in [1.29, 1.82) is 0 Å². The van der Waals surface area contributed by atoms with Gasteiger partial charge in [-0.05, 0) is 25.3 Å². The molecule has 1 aliphatic heterocycles. The molecule has 0 aromatic carbocycles. The molecule has 1 aliphatic rings. The van der Waals surface area contributed by atoms with E-state index in [9.17, 15) is 8.42 Å². The number of piperazine rings is 1. The summed E-state index contributed by atoms with van der Waals surface area (Å²) in [6.45, 7) is 5.31. The first kappa shape index (κ1) is 12.0. The highest BCUT2D eigenvalue weighted by Gasteiger charge is 2.35. The Hall–Kier alpha value is -0.430. The predicted molar refractivity (Wildman–Crippen MR) is 65.1 cm³/mol. The van der Waals surface area contributed by atoms with E-state index in [0.717, 1.165) is 13.1 Å². The Morgan fingerprint density at radius 2 is 2.00 bits per heavy atom. The molecule has 2 atom stereocenters. The number of nitrogens with one attached hydrogen (secondary N) is 1. The molecule has 1 N–H and O–H groups in total. The minimum atomic E-state index is -3.31. The summed E-state index contributed by atoms with van der Waals surface area (Å²) in [5.74, 6) is 0. The van der Waals surface area contributed by atoms with Gasteiger partial charge in [0.25, 0.3) is 10.0 Å². The van der Waals surface area contributed by atoms with Crippen molar-refractivity contribution in [3.8, 4) is 0 Å². The van der Waals surface area contributed by atoms with Gasteiger partial charge in [0.2, 0.25) is 0 Å². The van der Waals surface area contributed by atoms with Crippen molar-refractivity contribution < 1.29 is 8.42 Å². The van der Waals surface area contributed by atoms with Crippen LogP contribution in [0, 0.1) is 0 Å². The number of rotatable bonds is 2. The lowest BCUT2D eigenvalue weighted by molar-refractivity contribution is 0.220. The Bertz CT molecular complexity index is 431. The second kappa shape index (κ2) is 4.44. The first-order valence-electron chi connectivity index (χ1n) is 5.31. The molecular weight excluding hydrogens is 244 g/mol. The summed E-state index contributed by atoms with van der Waals surface area (Å²) in [5, 5.41) is 5.02. The van der Waals surface area contributed by atoms with E-state index in [1.807, 2.05) is 13.8 Å². The lowest BCUT2D eigenvalue weighted by Crippen LogP contribution is -2.56. The standard InChI is InChI=1S/C10H16N2O2S2/c1-8-6-11-7-9(2)12(8)16(13,14)10-4-3-5-15-10/h3-5,8-9,11H,6-7H2,1-2H3. The van der Waals surface area contributed by atoms with Crippen LogP contribution in [-0.2, 0) is 10.0 Å². The SMILES string of the molecule is CC1CNCC(C)N1S(=O)(=O)c1cccs1. The maximum Gasteiger partial charge on any atom is 0.253 e. The van der Waals surface area contributed by atoms with Crippen LogP contribution in [0.2, 0.25) is 0 Å². The van der Waals surface area contributed by atoms with Gasteiger partial charge >= 0.3 is 0 Å². The second-order valence-electron chi connectivity index (χ2n) is 4.12. The third-order valence-electron chi connectivity index (χ3n) is 2.78. The number of thiophene rings is 1. The molecular formula is C10H16N2O2S2. The van der Waals surface area contributed by atoms with Crippen LogP contribution in [0.5, 0.6) is 0 Å². The van der Waals surface area contributed by atoms with Crippen molar-refractivity contribution in [1.82, 2.24) is 9.62 Å². The molecule has 2 heterocycles. The van der Waals surface area contributed by atoms with Gasteiger partial charge in [0.05, 0.1) is 0 Å². The Morgan fingerprint density at radius 3 is 2.50 bits per heavy atom. The summed E-state index contributed by atoms with van der Waals surface area (Å²) in [4.78, 5) is 0. The molecule has 0 bridgehead atoms. The molecule has 0 amide bonds. The lowest BCUT2D eigenvalue weighted by Gasteiger charge is -2.37. The average Bonchev–Trinajstić information content (AvgIpc) is 2.69. The molecule has 2 unspecified atom stereocenters. The van der Waals surface area contributed by atoms with Crippen LogP contribution in [0.25, 0.3) is 0 Å². The fourth-order valence-corrected chi connectivity index (χ4v) is 5.02.